The molecule has 1 aromatic carbocycles. The van der Waals surface area contributed by atoms with Crippen molar-refractivity contribution in [3.8, 4) is 0 Å². The fraction of sp³-hybridized carbons (Fsp3) is 0.300. The molecule has 0 aliphatic heterocycles. The van der Waals surface area contributed by atoms with Crippen molar-refractivity contribution in [2.24, 2.45) is 0 Å². The highest BCUT2D eigenvalue weighted by Gasteiger charge is 2.39. The molecule has 1 unspecified atom stereocenters. The molecule has 0 bridgehead atoms. The maximum absolute atomic E-state index is 12.0. The van der Waals surface area contributed by atoms with Crippen molar-refractivity contribution in [3.63, 3.8) is 0 Å². The predicted molar refractivity (Wildman–Crippen MR) is 52.5 cm³/mol. The molecule has 2 nitrogen and oxygen atoms in total. The van der Waals surface area contributed by atoms with E-state index in [1.54, 1.807) is 0 Å². The zero-order valence-corrected chi connectivity index (χ0v) is 8.72. The standard InChI is InChI=1S/C10H8ClF3O2/c11-7-3-1-6(2-4-7)8(15)5-9(16)10(12,13)14/h1-4,9,16H,5H2. The number of rotatable bonds is 3. The summed E-state index contributed by atoms with van der Waals surface area (Å²) in [6, 6.07) is 5.42. The van der Waals surface area contributed by atoms with Crippen molar-refractivity contribution < 1.29 is 23.1 Å². The minimum Gasteiger partial charge on any atom is -0.383 e. The number of carbonyl (C=O) groups is 1. The van der Waals surface area contributed by atoms with Gasteiger partial charge in [0.15, 0.2) is 11.9 Å². The second-order valence-electron chi connectivity index (χ2n) is 3.19. The van der Waals surface area contributed by atoms with Gasteiger partial charge in [0.1, 0.15) is 0 Å². The van der Waals surface area contributed by atoms with Crippen molar-refractivity contribution >= 4 is 17.4 Å². The average Bonchev–Trinajstić information content (AvgIpc) is 2.17. The first kappa shape index (κ1) is 13.0. The fourth-order valence-electron chi connectivity index (χ4n) is 1.04. The molecule has 0 radical (unpaired) electrons. The lowest BCUT2D eigenvalue weighted by molar-refractivity contribution is -0.202. The van der Waals surface area contributed by atoms with Gasteiger partial charge in [-0.1, -0.05) is 11.6 Å². The van der Waals surface area contributed by atoms with Gasteiger partial charge in [0.2, 0.25) is 0 Å². The molecule has 0 aromatic heterocycles. The van der Waals surface area contributed by atoms with Crippen LogP contribution in [0.4, 0.5) is 13.2 Å². The van der Waals surface area contributed by atoms with Crippen LogP contribution in [0.15, 0.2) is 24.3 Å². The third kappa shape index (κ3) is 3.50. The van der Waals surface area contributed by atoms with E-state index in [4.69, 9.17) is 16.7 Å². The van der Waals surface area contributed by atoms with Gasteiger partial charge in [-0.3, -0.25) is 4.79 Å². The van der Waals surface area contributed by atoms with Gasteiger partial charge in [-0.2, -0.15) is 13.2 Å². The molecule has 88 valence electrons. The third-order valence-corrected chi connectivity index (χ3v) is 2.17. The number of alkyl halides is 3. The monoisotopic (exact) mass is 252 g/mol. The van der Waals surface area contributed by atoms with Crippen molar-refractivity contribution in [1.29, 1.82) is 0 Å². The van der Waals surface area contributed by atoms with Crippen LogP contribution in [-0.4, -0.2) is 23.2 Å². The summed E-state index contributed by atoms with van der Waals surface area (Å²) in [5.74, 6) is -0.776. The average molecular weight is 253 g/mol. The maximum Gasteiger partial charge on any atom is 0.414 e. The predicted octanol–water partition coefficient (Wildman–Crippen LogP) is 2.84. The van der Waals surface area contributed by atoms with E-state index in [1.165, 1.54) is 24.3 Å². The third-order valence-electron chi connectivity index (χ3n) is 1.92. The summed E-state index contributed by atoms with van der Waals surface area (Å²) in [6.45, 7) is 0. The first-order valence-electron chi connectivity index (χ1n) is 4.34. The van der Waals surface area contributed by atoms with Crippen LogP contribution in [0.1, 0.15) is 16.8 Å². The number of Topliss-reactive ketones (excluding diaryl/α,β-unsaturated/α-hetero) is 1. The Labute approximate surface area is 94.6 Å². The largest absolute Gasteiger partial charge is 0.414 e. The molecular weight excluding hydrogens is 245 g/mol. The van der Waals surface area contributed by atoms with E-state index < -0.39 is 24.5 Å². The molecule has 0 heterocycles. The van der Waals surface area contributed by atoms with Gasteiger partial charge >= 0.3 is 6.18 Å². The van der Waals surface area contributed by atoms with Crippen LogP contribution in [0.25, 0.3) is 0 Å². The number of halogens is 4. The quantitative estimate of drug-likeness (QED) is 0.840. The highest BCUT2D eigenvalue weighted by atomic mass is 35.5. The summed E-state index contributed by atoms with van der Waals surface area (Å²) in [7, 11) is 0. The zero-order chi connectivity index (χ0) is 12.3. The molecule has 16 heavy (non-hydrogen) atoms. The van der Waals surface area contributed by atoms with Crippen LogP contribution in [0, 0.1) is 0 Å². The van der Waals surface area contributed by atoms with Crippen molar-refractivity contribution in [2.45, 2.75) is 18.7 Å². The van der Waals surface area contributed by atoms with Gasteiger partial charge in [0.05, 0.1) is 0 Å². The molecule has 1 atom stereocenters. The normalized spacial score (nSPS) is 13.6. The summed E-state index contributed by atoms with van der Waals surface area (Å²) in [5.41, 5.74) is 0.0905. The number of aliphatic hydroxyl groups is 1. The molecule has 0 saturated carbocycles. The van der Waals surface area contributed by atoms with E-state index in [9.17, 15) is 18.0 Å². The molecular formula is C10H8ClF3O2. The smallest absolute Gasteiger partial charge is 0.383 e. The summed E-state index contributed by atoms with van der Waals surface area (Å²) in [4.78, 5) is 11.3. The Hall–Kier alpha value is -1.07. The van der Waals surface area contributed by atoms with E-state index >= 15 is 0 Å². The molecule has 0 fully saturated rings. The minimum atomic E-state index is -4.78. The molecule has 1 N–H and O–H groups in total. The number of hydrogen-bond donors (Lipinski definition) is 1. The van der Waals surface area contributed by atoms with Gasteiger partial charge < -0.3 is 5.11 Å². The molecule has 1 aromatic rings. The molecule has 6 heteroatoms. The van der Waals surface area contributed by atoms with Crippen LogP contribution in [0.3, 0.4) is 0 Å². The molecule has 0 aliphatic rings. The summed E-state index contributed by atoms with van der Waals surface area (Å²) in [5, 5.41) is 9.08. The maximum atomic E-state index is 12.0. The number of carbonyl (C=O) groups excluding carboxylic acids is 1. The first-order valence-corrected chi connectivity index (χ1v) is 4.72. The number of aliphatic hydroxyl groups excluding tert-OH is 1. The molecule has 1 rings (SSSR count). The number of benzene rings is 1. The van der Waals surface area contributed by atoms with Crippen molar-refractivity contribution in [2.75, 3.05) is 0 Å². The van der Waals surface area contributed by atoms with Crippen molar-refractivity contribution in [3.05, 3.63) is 34.9 Å². The van der Waals surface area contributed by atoms with Gasteiger partial charge in [0.25, 0.3) is 0 Å². The topological polar surface area (TPSA) is 37.3 Å². The Morgan fingerprint density at radius 3 is 2.25 bits per heavy atom. The Morgan fingerprint density at radius 1 is 1.31 bits per heavy atom. The van der Waals surface area contributed by atoms with Crippen molar-refractivity contribution in [1.82, 2.24) is 0 Å². The van der Waals surface area contributed by atoms with Gasteiger partial charge in [0, 0.05) is 17.0 Å². The van der Waals surface area contributed by atoms with Gasteiger partial charge in [-0.25, -0.2) is 0 Å². The zero-order valence-electron chi connectivity index (χ0n) is 7.96. The lowest BCUT2D eigenvalue weighted by atomic mass is 10.1. The molecule has 0 spiro atoms. The molecule has 0 saturated heterocycles. The van der Waals surface area contributed by atoms with Crippen LogP contribution in [0.2, 0.25) is 5.02 Å². The van der Waals surface area contributed by atoms with Gasteiger partial charge in [-0.05, 0) is 24.3 Å². The SMILES string of the molecule is O=C(CC(O)C(F)(F)F)c1ccc(Cl)cc1. The van der Waals surface area contributed by atoms with E-state index in [1.807, 2.05) is 0 Å². The second-order valence-corrected chi connectivity index (χ2v) is 3.63. The summed E-state index contributed by atoms with van der Waals surface area (Å²) in [6.07, 6.45) is -8.39. The Balaban J connectivity index is 2.70. The minimum absolute atomic E-state index is 0.0905. The van der Waals surface area contributed by atoms with E-state index in [0.29, 0.717) is 5.02 Å². The van der Waals surface area contributed by atoms with E-state index in [-0.39, 0.29) is 5.56 Å². The second kappa shape index (κ2) is 4.84. The van der Waals surface area contributed by atoms with Crippen LogP contribution in [0.5, 0.6) is 0 Å². The highest BCUT2D eigenvalue weighted by molar-refractivity contribution is 6.30. The van der Waals surface area contributed by atoms with Gasteiger partial charge in [-0.15, -0.1) is 0 Å². The number of ketones is 1. The first-order chi connectivity index (χ1) is 7.30. The highest BCUT2D eigenvalue weighted by Crippen LogP contribution is 2.23. The van der Waals surface area contributed by atoms with Crippen LogP contribution >= 0.6 is 11.6 Å². The lowest BCUT2D eigenvalue weighted by Crippen LogP contribution is -2.30. The lowest BCUT2D eigenvalue weighted by Gasteiger charge is -2.13. The molecule has 0 amide bonds. The van der Waals surface area contributed by atoms with E-state index in [2.05, 4.69) is 0 Å². The van der Waals surface area contributed by atoms with Crippen LogP contribution in [-0.2, 0) is 0 Å². The molecule has 0 aliphatic carbocycles. The van der Waals surface area contributed by atoms with E-state index in [0.717, 1.165) is 0 Å². The Morgan fingerprint density at radius 2 is 1.81 bits per heavy atom. The summed E-state index contributed by atoms with van der Waals surface area (Å²) >= 11 is 5.55. The fourth-order valence-corrected chi connectivity index (χ4v) is 1.17. The Bertz CT molecular complexity index is 373. The Kier molecular flexibility index (Phi) is 3.93. The summed E-state index contributed by atoms with van der Waals surface area (Å²) < 4.78 is 35.9. The van der Waals surface area contributed by atoms with Crippen LogP contribution < -0.4 is 0 Å². The number of hydrogen-bond acceptors (Lipinski definition) is 2.